The summed E-state index contributed by atoms with van der Waals surface area (Å²) >= 11 is 6.21. The Hall–Kier alpha value is -5.61. The summed E-state index contributed by atoms with van der Waals surface area (Å²) in [7, 11) is 0. The molecule has 0 spiro atoms. The molecule has 0 saturated heterocycles. The summed E-state index contributed by atoms with van der Waals surface area (Å²) in [5.41, 5.74) is 13.1. The van der Waals surface area contributed by atoms with Crippen LogP contribution in [0.15, 0.2) is 79.1 Å². The van der Waals surface area contributed by atoms with E-state index >= 15 is 0 Å². The van der Waals surface area contributed by atoms with Gasteiger partial charge < -0.3 is 32.8 Å². The molecule has 2 fully saturated rings. The molecule has 2 aromatic carbocycles. The van der Waals surface area contributed by atoms with E-state index < -0.39 is 11.6 Å². The van der Waals surface area contributed by atoms with Crippen molar-refractivity contribution in [1.29, 1.82) is 0 Å². The van der Waals surface area contributed by atoms with Crippen molar-refractivity contribution in [2.45, 2.75) is 57.8 Å². The van der Waals surface area contributed by atoms with Gasteiger partial charge in [-0.25, -0.2) is 27.4 Å². The molecular weight excluding hydrogens is 1020 g/mol. The smallest absolute Gasteiger partial charge is 0.870 e. The summed E-state index contributed by atoms with van der Waals surface area (Å²) in [4.78, 5) is 44.1. The van der Waals surface area contributed by atoms with Crippen LogP contribution in [0.5, 0.6) is 0 Å². The molecule has 0 aliphatic heterocycles. The molecule has 10 N–H and O–H groups in total. The van der Waals surface area contributed by atoms with Gasteiger partial charge in [-0.1, -0.05) is 29.2 Å². The summed E-state index contributed by atoms with van der Waals surface area (Å²) < 4.78 is 42.9. The van der Waals surface area contributed by atoms with Gasteiger partial charge in [-0.2, -0.15) is 0 Å². The number of carbonyl (C=O) groups is 2. The summed E-state index contributed by atoms with van der Waals surface area (Å²) in [6, 6.07) is 8.49. The monoisotopic (exact) mass is 1060 g/mol. The number of guanidine groups is 2. The average Bonchev–Trinajstić information content (AvgIpc) is 3.98. The van der Waals surface area contributed by atoms with E-state index in [0.29, 0.717) is 60.6 Å². The van der Waals surface area contributed by atoms with Gasteiger partial charge in [0.2, 0.25) is 23.5 Å². The van der Waals surface area contributed by atoms with Crippen molar-refractivity contribution in [3.8, 4) is 17.2 Å². The number of aliphatic imine (C=N–C) groups is 2. The fourth-order valence-electron chi connectivity index (χ4n) is 6.05. The molecule has 348 valence electrons. The number of amides is 2. The van der Waals surface area contributed by atoms with Crippen LogP contribution in [0.3, 0.4) is 0 Å². The van der Waals surface area contributed by atoms with Crippen LogP contribution in [0.1, 0.15) is 62.6 Å². The van der Waals surface area contributed by atoms with Crippen molar-refractivity contribution in [3.05, 3.63) is 78.8 Å². The molecule has 2 aliphatic carbocycles. The first kappa shape index (κ1) is 53.0. The zero-order chi connectivity index (χ0) is 45.6. The van der Waals surface area contributed by atoms with Gasteiger partial charge in [-0.05, 0) is 127 Å². The molecule has 3 aromatic heterocycles. The van der Waals surface area contributed by atoms with Crippen LogP contribution in [-0.2, 0) is 16.0 Å². The quantitative estimate of drug-likeness (QED) is 0.0171. The fraction of sp³-hybridized carbons (Fsp3) is 0.395. The minimum atomic E-state index is -0.786. The van der Waals surface area contributed by atoms with E-state index in [0.717, 1.165) is 43.1 Å². The van der Waals surface area contributed by atoms with Crippen LogP contribution in [0.4, 0.5) is 20.4 Å². The molecule has 2 aliphatic rings. The van der Waals surface area contributed by atoms with Crippen molar-refractivity contribution in [2.75, 3.05) is 36.8 Å². The molecular formula is C38H44Br2F2N15NaO8. The Bertz CT molecular complexity index is 2560. The van der Waals surface area contributed by atoms with Crippen LogP contribution in [0, 0.1) is 23.5 Å². The number of aromatic nitrogens is 6. The van der Waals surface area contributed by atoms with E-state index in [1.807, 2.05) is 0 Å². The number of nitrogens with two attached hydrogens (primary N) is 2. The van der Waals surface area contributed by atoms with Crippen LogP contribution >= 0.6 is 31.9 Å². The Labute approximate surface area is 412 Å². The van der Waals surface area contributed by atoms with Gasteiger partial charge in [0.15, 0.2) is 29.1 Å². The first-order valence-electron chi connectivity index (χ1n) is 20.0. The Kier molecular flexibility index (Phi) is 20.8. The van der Waals surface area contributed by atoms with Gasteiger partial charge in [0.05, 0.1) is 14.6 Å². The van der Waals surface area contributed by atoms with Crippen molar-refractivity contribution in [1.82, 2.24) is 41.0 Å². The summed E-state index contributed by atoms with van der Waals surface area (Å²) in [6.07, 6.45) is 7.05. The third-order valence-electron chi connectivity index (χ3n) is 9.98. The minimum absolute atomic E-state index is 0. The molecule has 28 heteroatoms. The van der Waals surface area contributed by atoms with Gasteiger partial charge >= 0.3 is 35.3 Å². The largest absolute Gasteiger partial charge is 1.00 e. The number of oxime groups is 1. The van der Waals surface area contributed by atoms with Crippen molar-refractivity contribution in [2.24, 2.45) is 38.4 Å². The predicted molar refractivity (Wildman–Crippen MR) is 236 cm³/mol. The summed E-state index contributed by atoms with van der Waals surface area (Å²) in [5, 5.41) is 42.9. The standard InChI is InChI=1S/C19H20BrFN8O4.C19H23BrFN7O3.Na.H2O/c20-12-9-11(5-6-13(12)21)29-16(28-32-19(29)31)14-15(27-33-26-14)23-7-2-8-24-18(22)25-17(30)10-3-1-4-10;20-13-9-11(5-6-14(13)21)10-15(26-30)16-17(28-31-27-16)23-7-2-8-24-19(22)25-18(29)12-3-1-4-12;;/h5-6,9-10H,1-4,7-8H2,(H,23,27)(H3,22,24,25,30);5-6,9,12,30H,1-4,7-8,10H2,(H,23,28)(H3,22,24,25,29);;1H2/q;;+1;/p-1/b;26-15+;;. The maximum Gasteiger partial charge on any atom is 1.00 e. The van der Waals surface area contributed by atoms with Crippen LogP contribution in [0.25, 0.3) is 17.2 Å². The van der Waals surface area contributed by atoms with E-state index in [4.69, 9.17) is 25.2 Å². The topological polar surface area (TPSA) is 347 Å². The molecule has 23 nitrogen and oxygen atoms in total. The number of carbonyl (C=O) groups excluding carboxylic acids is 2. The number of nitrogens with one attached hydrogen (secondary N) is 4. The number of halogens is 4. The Morgan fingerprint density at radius 1 is 0.803 bits per heavy atom. The zero-order valence-electron chi connectivity index (χ0n) is 35.3. The second-order valence-corrected chi connectivity index (χ2v) is 16.1. The average molecular weight is 1060 g/mol. The van der Waals surface area contributed by atoms with E-state index in [1.165, 1.54) is 24.3 Å². The molecule has 2 amide bonds. The first-order chi connectivity index (χ1) is 30.9. The van der Waals surface area contributed by atoms with Gasteiger partial charge in [-0.15, -0.1) is 0 Å². The third kappa shape index (κ3) is 14.4. The molecule has 0 radical (unpaired) electrons. The van der Waals surface area contributed by atoms with E-state index in [-0.39, 0.29) is 116 Å². The number of anilines is 2. The van der Waals surface area contributed by atoms with E-state index in [2.05, 4.69) is 94.1 Å². The van der Waals surface area contributed by atoms with Crippen LogP contribution < -0.4 is 68.0 Å². The maximum atomic E-state index is 13.6. The van der Waals surface area contributed by atoms with Crippen LogP contribution in [-0.4, -0.2) is 96.7 Å². The van der Waals surface area contributed by atoms with Crippen molar-refractivity contribution in [3.63, 3.8) is 0 Å². The second kappa shape index (κ2) is 25.9. The number of hydrogen-bond donors (Lipinski definition) is 7. The van der Waals surface area contributed by atoms with Gasteiger partial charge in [0.25, 0.3) is 0 Å². The Morgan fingerprint density at radius 3 is 1.89 bits per heavy atom. The molecule has 0 unspecified atom stereocenters. The third-order valence-corrected chi connectivity index (χ3v) is 11.2. The van der Waals surface area contributed by atoms with Crippen LogP contribution in [0.2, 0.25) is 0 Å². The number of benzene rings is 2. The minimum Gasteiger partial charge on any atom is -0.870 e. The number of rotatable bonds is 17. The zero-order valence-corrected chi connectivity index (χ0v) is 40.5. The molecule has 7 rings (SSSR count). The normalized spacial score (nSPS) is 14.1. The van der Waals surface area contributed by atoms with Gasteiger partial charge in [0, 0.05) is 44.4 Å². The van der Waals surface area contributed by atoms with E-state index in [9.17, 15) is 28.4 Å². The number of hydrogen-bond acceptors (Lipinski definition) is 18. The summed E-state index contributed by atoms with van der Waals surface area (Å²) in [6.45, 7) is 1.64. The molecule has 0 atom stereocenters. The molecule has 3 heterocycles. The molecule has 0 bridgehead atoms. The van der Waals surface area contributed by atoms with Gasteiger partial charge in [0.1, 0.15) is 17.3 Å². The molecule has 5 aromatic rings. The maximum absolute atomic E-state index is 13.6. The Balaban J connectivity index is 0.000000281. The molecule has 2 saturated carbocycles. The van der Waals surface area contributed by atoms with E-state index in [1.54, 1.807) is 12.1 Å². The summed E-state index contributed by atoms with van der Waals surface area (Å²) in [5.74, 6) is -0.974. The SMILES string of the molecule is NC(=NCCCNc1nonc1-c1noc(=O)n1-c1ccc(F)c(Br)c1)NC(=O)C1CCC1.NC(=NCCCNc1nonc1/C(Cc1ccc(F)c(Br)c1)=N/O)NC(=O)C1CCC1.[Na+].[OH-]. The molecule has 66 heavy (non-hydrogen) atoms. The fourth-order valence-corrected chi connectivity index (χ4v) is 6.85. The Morgan fingerprint density at radius 2 is 1.35 bits per heavy atom. The second-order valence-electron chi connectivity index (χ2n) is 14.4. The number of nitrogens with zero attached hydrogens (tertiary/aromatic N) is 9. The first-order valence-corrected chi connectivity index (χ1v) is 21.5. The van der Waals surface area contributed by atoms with Crippen molar-refractivity contribution < 1.29 is 72.4 Å². The predicted octanol–water partition coefficient (Wildman–Crippen LogP) is 1.06. The van der Waals surface area contributed by atoms with Crippen molar-refractivity contribution >= 4 is 72.9 Å². The van der Waals surface area contributed by atoms with Gasteiger partial charge in [-0.3, -0.25) is 34.7 Å².